The van der Waals surface area contributed by atoms with Crippen LogP contribution in [0.5, 0.6) is 0 Å². The van der Waals surface area contributed by atoms with Gasteiger partial charge in [0.25, 0.3) is 5.91 Å². The molecule has 4 nitrogen and oxygen atoms in total. The highest BCUT2D eigenvalue weighted by atomic mass is 16.7. The Morgan fingerprint density at radius 1 is 1.43 bits per heavy atom. The molecular formula is C10H19NO3. The fourth-order valence-electron chi connectivity index (χ4n) is 1.49. The minimum atomic E-state index is -0.189. The molecule has 1 fully saturated rings. The van der Waals surface area contributed by atoms with Gasteiger partial charge in [-0.05, 0) is 19.3 Å². The smallest absolute Gasteiger partial charge is 0.269 e. The highest BCUT2D eigenvalue weighted by Gasteiger charge is 2.16. The Hall–Kier alpha value is -0.610. The highest BCUT2D eigenvalue weighted by molar-refractivity contribution is 5.76. The van der Waals surface area contributed by atoms with Crippen LogP contribution in [-0.4, -0.2) is 25.2 Å². The summed E-state index contributed by atoms with van der Waals surface area (Å²) < 4.78 is 5.07. The van der Waals surface area contributed by atoms with Crippen molar-refractivity contribution in [2.75, 3.05) is 13.2 Å². The van der Waals surface area contributed by atoms with Crippen LogP contribution >= 0.6 is 0 Å². The zero-order chi connectivity index (χ0) is 10.2. The predicted octanol–water partition coefficient (Wildman–Crippen LogP) is 1.40. The molecule has 0 unspecified atom stereocenters. The van der Waals surface area contributed by atoms with Gasteiger partial charge >= 0.3 is 0 Å². The first-order valence-corrected chi connectivity index (χ1v) is 5.35. The van der Waals surface area contributed by atoms with Crippen molar-refractivity contribution in [1.82, 2.24) is 5.48 Å². The Morgan fingerprint density at radius 3 is 2.79 bits per heavy atom. The average molecular weight is 201 g/mol. The summed E-state index contributed by atoms with van der Waals surface area (Å²) in [6.45, 7) is 2.73. The molecule has 0 aliphatic heterocycles. The SMILES string of the molecule is CCCOCC(=O)NOC1CCCC1. The minimum absolute atomic E-state index is 0.0978. The first-order chi connectivity index (χ1) is 6.83. The van der Waals surface area contributed by atoms with E-state index in [1.54, 1.807) is 0 Å². The van der Waals surface area contributed by atoms with Gasteiger partial charge < -0.3 is 4.74 Å². The fraction of sp³-hybridized carbons (Fsp3) is 0.900. The van der Waals surface area contributed by atoms with Crippen LogP contribution in [0.1, 0.15) is 39.0 Å². The molecule has 0 radical (unpaired) electrons. The molecule has 4 heteroatoms. The zero-order valence-electron chi connectivity index (χ0n) is 8.75. The molecule has 0 heterocycles. The van der Waals surface area contributed by atoms with Gasteiger partial charge in [-0.1, -0.05) is 19.8 Å². The Balaban J connectivity index is 1.96. The number of hydrogen-bond acceptors (Lipinski definition) is 3. The number of nitrogens with one attached hydrogen (secondary N) is 1. The van der Waals surface area contributed by atoms with Crippen LogP contribution in [0.3, 0.4) is 0 Å². The largest absolute Gasteiger partial charge is 0.372 e. The maximum Gasteiger partial charge on any atom is 0.269 e. The van der Waals surface area contributed by atoms with E-state index in [9.17, 15) is 4.79 Å². The molecule has 0 aromatic rings. The first kappa shape index (κ1) is 11.5. The van der Waals surface area contributed by atoms with E-state index in [1.165, 1.54) is 12.8 Å². The summed E-state index contributed by atoms with van der Waals surface area (Å²) in [6, 6.07) is 0. The van der Waals surface area contributed by atoms with Crippen LogP contribution in [0.15, 0.2) is 0 Å². The van der Waals surface area contributed by atoms with Gasteiger partial charge in [0.2, 0.25) is 0 Å². The van der Waals surface area contributed by atoms with Crippen molar-refractivity contribution in [1.29, 1.82) is 0 Å². The second-order valence-electron chi connectivity index (χ2n) is 3.60. The molecule has 0 spiro atoms. The summed E-state index contributed by atoms with van der Waals surface area (Å²) in [6.07, 6.45) is 5.65. The molecule has 1 saturated carbocycles. The van der Waals surface area contributed by atoms with Crippen LogP contribution in [0.2, 0.25) is 0 Å². The molecule has 0 bridgehead atoms. The maximum atomic E-state index is 11.1. The van der Waals surface area contributed by atoms with Gasteiger partial charge in [-0.25, -0.2) is 5.48 Å². The van der Waals surface area contributed by atoms with Gasteiger partial charge in [0.15, 0.2) is 0 Å². The van der Waals surface area contributed by atoms with E-state index in [0.29, 0.717) is 6.61 Å². The number of hydrogen-bond donors (Lipinski definition) is 1. The second kappa shape index (κ2) is 6.79. The van der Waals surface area contributed by atoms with Crippen molar-refractivity contribution in [2.24, 2.45) is 0 Å². The number of rotatable bonds is 6. The number of amides is 1. The van der Waals surface area contributed by atoms with Gasteiger partial charge in [-0.3, -0.25) is 9.63 Å². The summed E-state index contributed by atoms with van der Waals surface area (Å²) in [4.78, 5) is 16.3. The monoisotopic (exact) mass is 201 g/mol. The third kappa shape index (κ3) is 4.58. The maximum absolute atomic E-state index is 11.1. The van der Waals surface area contributed by atoms with Crippen molar-refractivity contribution in [3.63, 3.8) is 0 Å². The van der Waals surface area contributed by atoms with E-state index in [0.717, 1.165) is 19.3 Å². The summed E-state index contributed by atoms with van der Waals surface area (Å²) in [5, 5.41) is 0. The molecule has 82 valence electrons. The summed E-state index contributed by atoms with van der Waals surface area (Å²) in [5.41, 5.74) is 2.42. The Kier molecular flexibility index (Phi) is 5.56. The van der Waals surface area contributed by atoms with E-state index in [1.807, 2.05) is 6.92 Å². The summed E-state index contributed by atoms with van der Waals surface area (Å²) >= 11 is 0. The van der Waals surface area contributed by atoms with Gasteiger partial charge in [0.1, 0.15) is 6.61 Å². The molecule has 1 N–H and O–H groups in total. The Bertz CT molecular complexity index is 167. The predicted molar refractivity (Wildman–Crippen MR) is 52.6 cm³/mol. The molecule has 1 amide bonds. The van der Waals surface area contributed by atoms with Crippen LogP contribution in [0.4, 0.5) is 0 Å². The molecular weight excluding hydrogens is 182 g/mol. The fourth-order valence-corrected chi connectivity index (χ4v) is 1.49. The van der Waals surface area contributed by atoms with E-state index >= 15 is 0 Å². The van der Waals surface area contributed by atoms with E-state index < -0.39 is 0 Å². The van der Waals surface area contributed by atoms with Gasteiger partial charge in [-0.2, -0.15) is 0 Å². The topological polar surface area (TPSA) is 47.6 Å². The van der Waals surface area contributed by atoms with Crippen molar-refractivity contribution >= 4 is 5.91 Å². The lowest BCUT2D eigenvalue weighted by molar-refractivity contribution is -0.142. The normalized spacial score (nSPS) is 17.2. The van der Waals surface area contributed by atoms with Crippen molar-refractivity contribution in [2.45, 2.75) is 45.1 Å². The molecule has 0 atom stereocenters. The quantitative estimate of drug-likeness (QED) is 0.522. The molecule has 1 rings (SSSR count). The lowest BCUT2D eigenvalue weighted by atomic mass is 10.3. The molecule has 1 aliphatic carbocycles. The molecule has 0 saturated heterocycles. The van der Waals surface area contributed by atoms with E-state index in [-0.39, 0.29) is 18.6 Å². The first-order valence-electron chi connectivity index (χ1n) is 5.35. The minimum Gasteiger partial charge on any atom is -0.372 e. The lowest BCUT2D eigenvalue weighted by Crippen LogP contribution is -2.31. The summed E-state index contributed by atoms with van der Waals surface area (Å²) in [5.74, 6) is -0.189. The number of carbonyl (C=O) groups is 1. The van der Waals surface area contributed by atoms with Crippen molar-refractivity contribution in [3.8, 4) is 0 Å². The number of carbonyl (C=O) groups excluding carboxylic acids is 1. The lowest BCUT2D eigenvalue weighted by Gasteiger charge is -2.11. The van der Waals surface area contributed by atoms with Crippen molar-refractivity contribution in [3.05, 3.63) is 0 Å². The third-order valence-electron chi connectivity index (χ3n) is 2.22. The molecule has 14 heavy (non-hydrogen) atoms. The highest BCUT2D eigenvalue weighted by Crippen LogP contribution is 2.19. The molecule has 1 aliphatic rings. The van der Waals surface area contributed by atoms with Gasteiger partial charge in [0, 0.05) is 6.61 Å². The Labute approximate surface area is 84.9 Å². The van der Waals surface area contributed by atoms with Gasteiger partial charge in [-0.15, -0.1) is 0 Å². The van der Waals surface area contributed by atoms with Crippen LogP contribution in [0.25, 0.3) is 0 Å². The number of hydroxylamine groups is 1. The van der Waals surface area contributed by atoms with Crippen LogP contribution in [0, 0.1) is 0 Å². The third-order valence-corrected chi connectivity index (χ3v) is 2.22. The van der Waals surface area contributed by atoms with Crippen LogP contribution in [-0.2, 0) is 14.4 Å². The Morgan fingerprint density at radius 2 is 2.14 bits per heavy atom. The zero-order valence-corrected chi connectivity index (χ0v) is 8.75. The van der Waals surface area contributed by atoms with Crippen molar-refractivity contribution < 1.29 is 14.4 Å². The molecule has 0 aromatic heterocycles. The number of ether oxygens (including phenoxy) is 1. The summed E-state index contributed by atoms with van der Waals surface area (Å²) in [7, 11) is 0. The van der Waals surface area contributed by atoms with Crippen LogP contribution < -0.4 is 5.48 Å². The average Bonchev–Trinajstić information content (AvgIpc) is 2.68. The van der Waals surface area contributed by atoms with Gasteiger partial charge in [0.05, 0.1) is 6.10 Å². The second-order valence-corrected chi connectivity index (χ2v) is 3.60. The van der Waals surface area contributed by atoms with E-state index in [4.69, 9.17) is 9.57 Å². The molecule has 0 aromatic carbocycles. The standard InChI is InChI=1S/C10H19NO3/c1-2-7-13-8-10(12)11-14-9-5-3-4-6-9/h9H,2-8H2,1H3,(H,11,12). The van der Waals surface area contributed by atoms with E-state index in [2.05, 4.69) is 5.48 Å².